The highest BCUT2D eigenvalue weighted by atomic mass is 16.5. The minimum atomic E-state index is -0.129. The van der Waals surface area contributed by atoms with E-state index in [0.29, 0.717) is 5.92 Å². The number of aromatic nitrogens is 1. The number of hydrogen-bond acceptors (Lipinski definition) is 3. The van der Waals surface area contributed by atoms with Gasteiger partial charge in [-0.1, -0.05) is 0 Å². The maximum Gasteiger partial charge on any atom is 0.137 e. The van der Waals surface area contributed by atoms with Gasteiger partial charge in [0.2, 0.25) is 0 Å². The Balaban J connectivity index is 1.86. The summed E-state index contributed by atoms with van der Waals surface area (Å²) in [6.07, 6.45) is 7.50. The van der Waals surface area contributed by atoms with Gasteiger partial charge in [0, 0.05) is 6.20 Å². The Morgan fingerprint density at radius 3 is 3.00 bits per heavy atom. The predicted octanol–water partition coefficient (Wildman–Crippen LogP) is 1.79. The number of rotatable bonds is 5. The van der Waals surface area contributed by atoms with Crippen molar-refractivity contribution in [1.82, 2.24) is 4.98 Å². The first kappa shape index (κ1) is 10.4. The zero-order valence-corrected chi connectivity index (χ0v) is 9.02. The van der Waals surface area contributed by atoms with Gasteiger partial charge in [0.15, 0.2) is 0 Å². The Kier molecular flexibility index (Phi) is 3.21. The third-order valence-corrected chi connectivity index (χ3v) is 2.90. The van der Waals surface area contributed by atoms with Crippen LogP contribution in [0.15, 0.2) is 18.5 Å². The molecule has 1 atom stereocenters. The van der Waals surface area contributed by atoms with E-state index >= 15 is 0 Å². The highest BCUT2D eigenvalue weighted by Crippen LogP contribution is 2.34. The number of pyridine rings is 1. The first-order valence-corrected chi connectivity index (χ1v) is 5.45. The molecule has 1 N–H and O–H groups in total. The number of aliphatic hydroxyl groups is 1. The molecule has 1 fully saturated rings. The summed E-state index contributed by atoms with van der Waals surface area (Å²) in [5, 5.41) is 9.73. The molecule has 1 aliphatic rings. The second kappa shape index (κ2) is 4.62. The molecular weight excluding hydrogens is 190 g/mol. The van der Waals surface area contributed by atoms with E-state index in [4.69, 9.17) is 4.74 Å². The van der Waals surface area contributed by atoms with Crippen LogP contribution in [0.25, 0.3) is 0 Å². The van der Waals surface area contributed by atoms with E-state index in [-0.39, 0.29) is 6.10 Å². The van der Waals surface area contributed by atoms with Gasteiger partial charge >= 0.3 is 0 Å². The maximum absolute atomic E-state index is 9.73. The van der Waals surface area contributed by atoms with Crippen LogP contribution in [0.4, 0.5) is 0 Å². The van der Waals surface area contributed by atoms with Crippen LogP contribution in [0.1, 0.15) is 24.8 Å². The van der Waals surface area contributed by atoms with E-state index in [1.165, 1.54) is 12.8 Å². The molecule has 1 aliphatic carbocycles. The molecule has 82 valence electrons. The van der Waals surface area contributed by atoms with Crippen molar-refractivity contribution in [2.45, 2.75) is 31.8 Å². The summed E-state index contributed by atoms with van der Waals surface area (Å²) in [5.41, 5.74) is 1.13. The SMILES string of the molecule is COc1cncc(CCC(O)C2CC2)c1. The van der Waals surface area contributed by atoms with E-state index in [2.05, 4.69) is 4.98 Å². The van der Waals surface area contributed by atoms with Gasteiger partial charge in [0.1, 0.15) is 5.75 Å². The van der Waals surface area contributed by atoms with E-state index in [1.807, 2.05) is 12.3 Å². The molecule has 1 saturated carbocycles. The Morgan fingerprint density at radius 2 is 2.33 bits per heavy atom. The summed E-state index contributed by atoms with van der Waals surface area (Å²) >= 11 is 0. The molecule has 3 heteroatoms. The molecule has 1 aromatic rings. The Bertz CT molecular complexity index is 323. The van der Waals surface area contributed by atoms with Gasteiger partial charge in [-0.15, -0.1) is 0 Å². The summed E-state index contributed by atoms with van der Waals surface area (Å²) in [4.78, 5) is 4.09. The van der Waals surface area contributed by atoms with Crippen molar-refractivity contribution in [3.8, 4) is 5.75 Å². The number of hydrogen-bond donors (Lipinski definition) is 1. The van der Waals surface area contributed by atoms with Crippen molar-refractivity contribution >= 4 is 0 Å². The standard InChI is InChI=1S/C12H17NO2/c1-15-11-6-9(7-13-8-11)2-5-12(14)10-3-4-10/h6-8,10,12,14H,2-5H2,1H3. The Labute approximate surface area is 90.1 Å². The average Bonchev–Trinajstić information content (AvgIpc) is 3.10. The fourth-order valence-electron chi connectivity index (χ4n) is 1.74. The normalized spacial score (nSPS) is 17.5. The zero-order chi connectivity index (χ0) is 10.7. The lowest BCUT2D eigenvalue weighted by Gasteiger charge is -2.08. The van der Waals surface area contributed by atoms with Crippen LogP contribution in [0.2, 0.25) is 0 Å². The van der Waals surface area contributed by atoms with Gasteiger partial charge in [0.05, 0.1) is 19.4 Å². The molecule has 1 unspecified atom stereocenters. The summed E-state index contributed by atoms with van der Waals surface area (Å²) in [6.45, 7) is 0. The van der Waals surface area contributed by atoms with E-state index in [0.717, 1.165) is 24.2 Å². The van der Waals surface area contributed by atoms with Crippen molar-refractivity contribution in [2.24, 2.45) is 5.92 Å². The molecule has 1 heterocycles. The number of nitrogens with zero attached hydrogens (tertiary/aromatic N) is 1. The molecule has 2 rings (SSSR count). The van der Waals surface area contributed by atoms with Crippen LogP contribution < -0.4 is 4.74 Å². The minimum absolute atomic E-state index is 0.129. The summed E-state index contributed by atoms with van der Waals surface area (Å²) in [5.74, 6) is 1.34. The summed E-state index contributed by atoms with van der Waals surface area (Å²) in [6, 6.07) is 1.98. The largest absolute Gasteiger partial charge is 0.495 e. The van der Waals surface area contributed by atoms with E-state index in [1.54, 1.807) is 13.3 Å². The van der Waals surface area contributed by atoms with E-state index < -0.39 is 0 Å². The fraction of sp³-hybridized carbons (Fsp3) is 0.583. The fourth-order valence-corrected chi connectivity index (χ4v) is 1.74. The lowest BCUT2D eigenvalue weighted by Crippen LogP contribution is -2.10. The monoisotopic (exact) mass is 207 g/mol. The summed E-state index contributed by atoms with van der Waals surface area (Å²) < 4.78 is 5.10. The smallest absolute Gasteiger partial charge is 0.137 e. The van der Waals surface area contributed by atoms with Gasteiger partial charge in [0.25, 0.3) is 0 Å². The Hall–Kier alpha value is -1.09. The molecule has 0 spiro atoms. The number of aliphatic hydroxyl groups excluding tert-OH is 1. The molecule has 3 nitrogen and oxygen atoms in total. The first-order chi connectivity index (χ1) is 7.29. The molecule has 15 heavy (non-hydrogen) atoms. The second-order valence-electron chi connectivity index (χ2n) is 4.18. The van der Waals surface area contributed by atoms with Gasteiger partial charge in [-0.2, -0.15) is 0 Å². The van der Waals surface area contributed by atoms with Crippen molar-refractivity contribution in [3.05, 3.63) is 24.0 Å². The topological polar surface area (TPSA) is 42.4 Å². The molecule has 0 bridgehead atoms. The number of ether oxygens (including phenoxy) is 1. The quantitative estimate of drug-likeness (QED) is 0.800. The van der Waals surface area contributed by atoms with Gasteiger partial charge in [-0.3, -0.25) is 4.98 Å². The number of methoxy groups -OCH3 is 1. The van der Waals surface area contributed by atoms with Crippen LogP contribution >= 0.6 is 0 Å². The van der Waals surface area contributed by atoms with Crippen LogP contribution in [0.5, 0.6) is 5.75 Å². The second-order valence-corrected chi connectivity index (χ2v) is 4.18. The molecular formula is C12H17NO2. The van der Waals surface area contributed by atoms with Crippen LogP contribution in [-0.2, 0) is 6.42 Å². The summed E-state index contributed by atoms with van der Waals surface area (Å²) in [7, 11) is 1.64. The third-order valence-electron chi connectivity index (χ3n) is 2.90. The van der Waals surface area contributed by atoms with Crippen LogP contribution in [0, 0.1) is 5.92 Å². The minimum Gasteiger partial charge on any atom is -0.495 e. The maximum atomic E-state index is 9.73. The van der Waals surface area contributed by atoms with Crippen molar-refractivity contribution in [3.63, 3.8) is 0 Å². The lowest BCUT2D eigenvalue weighted by atomic mass is 10.1. The molecule has 0 amide bonds. The van der Waals surface area contributed by atoms with Crippen LogP contribution in [-0.4, -0.2) is 23.3 Å². The molecule has 0 aliphatic heterocycles. The van der Waals surface area contributed by atoms with Gasteiger partial charge < -0.3 is 9.84 Å². The molecule has 1 aromatic heterocycles. The van der Waals surface area contributed by atoms with Crippen molar-refractivity contribution < 1.29 is 9.84 Å². The van der Waals surface area contributed by atoms with Gasteiger partial charge in [-0.05, 0) is 43.2 Å². The highest BCUT2D eigenvalue weighted by Gasteiger charge is 2.29. The average molecular weight is 207 g/mol. The van der Waals surface area contributed by atoms with Crippen LogP contribution in [0.3, 0.4) is 0 Å². The lowest BCUT2D eigenvalue weighted by molar-refractivity contribution is 0.142. The predicted molar refractivity (Wildman–Crippen MR) is 57.8 cm³/mol. The first-order valence-electron chi connectivity index (χ1n) is 5.45. The van der Waals surface area contributed by atoms with Crippen molar-refractivity contribution in [1.29, 1.82) is 0 Å². The third kappa shape index (κ3) is 2.93. The van der Waals surface area contributed by atoms with E-state index in [9.17, 15) is 5.11 Å². The Morgan fingerprint density at radius 1 is 1.53 bits per heavy atom. The molecule has 0 radical (unpaired) electrons. The zero-order valence-electron chi connectivity index (χ0n) is 9.02. The van der Waals surface area contributed by atoms with Gasteiger partial charge in [-0.25, -0.2) is 0 Å². The number of aryl methyl sites for hydroxylation is 1. The highest BCUT2D eigenvalue weighted by molar-refractivity contribution is 5.23. The molecule has 0 aromatic carbocycles. The van der Waals surface area contributed by atoms with Crippen molar-refractivity contribution in [2.75, 3.05) is 7.11 Å². The molecule has 0 saturated heterocycles.